The summed E-state index contributed by atoms with van der Waals surface area (Å²) in [7, 11) is -1.15. The summed E-state index contributed by atoms with van der Waals surface area (Å²) < 4.78 is 46.0. The van der Waals surface area contributed by atoms with Gasteiger partial charge >= 0.3 is 13.5 Å². The van der Waals surface area contributed by atoms with Crippen molar-refractivity contribution >= 4 is 7.32 Å². The summed E-state index contributed by atoms with van der Waals surface area (Å²) in [6.07, 6.45) is -4.22. The molecule has 16 heavy (non-hydrogen) atoms. The van der Waals surface area contributed by atoms with Crippen LogP contribution in [0.3, 0.4) is 0 Å². The molecule has 5 nitrogen and oxygen atoms in total. The van der Waals surface area contributed by atoms with Crippen LogP contribution in [-0.4, -0.2) is 29.5 Å². The highest BCUT2D eigenvalue weighted by Crippen LogP contribution is 2.37. The molecule has 0 unspecified atom stereocenters. The highest BCUT2D eigenvalue weighted by Gasteiger charge is 2.36. The maximum atomic E-state index is 12.4. The van der Waals surface area contributed by atoms with Crippen molar-refractivity contribution in [1.29, 1.82) is 0 Å². The number of pyridine rings is 1. The van der Waals surface area contributed by atoms with Crippen molar-refractivity contribution in [2.45, 2.75) is 6.18 Å². The number of halogens is 3. The number of hydrogen-bond donors (Lipinski definition) is 2. The van der Waals surface area contributed by atoms with E-state index < -0.39 is 24.8 Å². The average Bonchev–Trinajstić information content (AvgIpc) is 2.14. The largest absolute Gasteiger partial charge is 0.707 e. The van der Waals surface area contributed by atoms with E-state index >= 15 is 0 Å². The quantitative estimate of drug-likeness (QED) is 0.747. The third-order valence-electron chi connectivity index (χ3n) is 1.59. The monoisotopic (exact) mass is 237 g/mol. The second-order valence-corrected chi connectivity index (χ2v) is 2.66. The molecule has 0 aliphatic rings. The van der Waals surface area contributed by atoms with Crippen molar-refractivity contribution in [2.24, 2.45) is 0 Å². The van der Waals surface area contributed by atoms with E-state index in [1.807, 2.05) is 0 Å². The van der Waals surface area contributed by atoms with Crippen molar-refractivity contribution in [3.63, 3.8) is 0 Å². The first-order valence-corrected chi connectivity index (χ1v) is 3.98. The van der Waals surface area contributed by atoms with Crippen LogP contribution in [0.4, 0.5) is 13.2 Å². The van der Waals surface area contributed by atoms with Gasteiger partial charge in [-0.1, -0.05) is 0 Å². The Hall–Kier alpha value is -1.48. The van der Waals surface area contributed by atoms with E-state index in [1.165, 1.54) is 7.11 Å². The summed E-state index contributed by atoms with van der Waals surface area (Å²) in [5.74, 6) is -0.905. The maximum absolute atomic E-state index is 12.4. The lowest BCUT2D eigenvalue weighted by Gasteiger charge is -2.13. The molecule has 2 N–H and O–H groups in total. The minimum absolute atomic E-state index is 0.136. The van der Waals surface area contributed by atoms with Gasteiger partial charge in [-0.2, -0.15) is 13.2 Å². The first-order chi connectivity index (χ1) is 7.34. The molecule has 0 saturated heterocycles. The summed E-state index contributed by atoms with van der Waals surface area (Å²) in [4.78, 5) is 3.35. The Morgan fingerprint density at radius 1 is 1.38 bits per heavy atom. The van der Waals surface area contributed by atoms with Crippen molar-refractivity contribution in [3.05, 3.63) is 17.8 Å². The van der Waals surface area contributed by atoms with E-state index in [1.54, 1.807) is 0 Å². The minimum Gasteiger partial charge on any atom is -0.511 e. The topological polar surface area (TPSA) is 71.8 Å². The van der Waals surface area contributed by atoms with E-state index in [0.29, 0.717) is 6.20 Å². The normalized spacial score (nSPS) is 11.1. The molecule has 0 fully saturated rings. The Morgan fingerprint density at radius 3 is 2.44 bits per heavy atom. The lowest BCUT2D eigenvalue weighted by Crippen LogP contribution is -2.23. The Labute approximate surface area is 88.6 Å². The van der Waals surface area contributed by atoms with Crippen LogP contribution in [0.5, 0.6) is 11.6 Å². The fourth-order valence-corrected chi connectivity index (χ4v) is 0.955. The molecule has 0 spiro atoms. The minimum atomic E-state index is -4.70. The molecule has 0 radical (unpaired) electrons. The summed E-state index contributed by atoms with van der Waals surface area (Å²) in [6, 6.07) is 0.808. The van der Waals surface area contributed by atoms with Crippen LogP contribution < -0.4 is 9.39 Å². The molecule has 1 rings (SSSR count). The van der Waals surface area contributed by atoms with Gasteiger partial charge in [0.2, 0.25) is 5.88 Å². The summed E-state index contributed by atoms with van der Waals surface area (Å²) in [5.41, 5.74) is -1.22. The molecule has 0 saturated carbocycles. The van der Waals surface area contributed by atoms with Gasteiger partial charge in [-0.15, -0.1) is 0 Å². The second kappa shape index (κ2) is 4.58. The third kappa shape index (κ3) is 3.01. The van der Waals surface area contributed by atoms with E-state index in [4.69, 9.17) is 10.0 Å². The highest BCUT2D eigenvalue weighted by molar-refractivity contribution is 6.33. The molecule has 1 aromatic rings. The van der Waals surface area contributed by atoms with Crippen molar-refractivity contribution in [2.75, 3.05) is 7.11 Å². The molecular formula is C7H7BF3NO4. The Morgan fingerprint density at radius 2 is 2.00 bits per heavy atom. The average molecular weight is 237 g/mol. The molecule has 88 valence electrons. The predicted molar refractivity (Wildman–Crippen MR) is 46.6 cm³/mol. The predicted octanol–water partition coefficient (Wildman–Crippen LogP) is 0.457. The van der Waals surface area contributed by atoms with Gasteiger partial charge in [0.1, 0.15) is 11.3 Å². The van der Waals surface area contributed by atoms with Crippen LogP contribution in [0, 0.1) is 0 Å². The van der Waals surface area contributed by atoms with Crippen molar-refractivity contribution < 1.29 is 32.6 Å². The van der Waals surface area contributed by atoms with Gasteiger partial charge in [-0.25, -0.2) is 4.98 Å². The van der Waals surface area contributed by atoms with Gasteiger partial charge in [0.25, 0.3) is 0 Å². The fraction of sp³-hybridized carbons (Fsp3) is 0.286. The highest BCUT2D eigenvalue weighted by atomic mass is 19.4. The summed E-state index contributed by atoms with van der Waals surface area (Å²) in [6.45, 7) is 0. The molecule has 0 atom stereocenters. The van der Waals surface area contributed by atoms with Crippen LogP contribution in [-0.2, 0) is 6.18 Å². The van der Waals surface area contributed by atoms with E-state index in [0.717, 1.165) is 6.07 Å². The summed E-state index contributed by atoms with van der Waals surface area (Å²) in [5, 5.41) is 16.9. The lowest BCUT2D eigenvalue weighted by molar-refractivity contribution is -0.138. The van der Waals surface area contributed by atoms with Gasteiger partial charge in [-0.05, 0) is 0 Å². The van der Waals surface area contributed by atoms with Gasteiger partial charge in [0.15, 0.2) is 0 Å². The van der Waals surface area contributed by atoms with E-state index in [2.05, 4.69) is 14.4 Å². The zero-order chi connectivity index (χ0) is 12.3. The van der Waals surface area contributed by atoms with E-state index in [-0.39, 0.29) is 5.88 Å². The number of aromatic nitrogens is 1. The van der Waals surface area contributed by atoms with Crippen LogP contribution in [0.1, 0.15) is 5.56 Å². The number of hydrogen-bond acceptors (Lipinski definition) is 5. The van der Waals surface area contributed by atoms with E-state index in [9.17, 15) is 13.2 Å². The second-order valence-electron chi connectivity index (χ2n) is 2.66. The maximum Gasteiger partial charge on any atom is 0.707 e. The van der Waals surface area contributed by atoms with Crippen LogP contribution >= 0.6 is 0 Å². The van der Waals surface area contributed by atoms with Crippen LogP contribution in [0.2, 0.25) is 0 Å². The summed E-state index contributed by atoms with van der Waals surface area (Å²) >= 11 is 0. The van der Waals surface area contributed by atoms with Crippen molar-refractivity contribution in [1.82, 2.24) is 4.98 Å². The molecule has 0 aliphatic heterocycles. The fourth-order valence-electron chi connectivity index (χ4n) is 0.955. The number of rotatable bonds is 3. The van der Waals surface area contributed by atoms with Gasteiger partial charge < -0.3 is 19.4 Å². The number of alkyl halides is 3. The zero-order valence-corrected chi connectivity index (χ0v) is 8.02. The molecule has 0 aromatic carbocycles. The zero-order valence-electron chi connectivity index (χ0n) is 8.02. The molecule has 1 aromatic heterocycles. The van der Waals surface area contributed by atoms with Crippen LogP contribution in [0.15, 0.2) is 12.3 Å². The number of nitrogens with zero attached hydrogens (tertiary/aromatic N) is 1. The smallest absolute Gasteiger partial charge is 0.511 e. The molecule has 0 bridgehead atoms. The van der Waals surface area contributed by atoms with Crippen LogP contribution in [0.25, 0.3) is 0 Å². The first-order valence-electron chi connectivity index (χ1n) is 3.98. The SMILES string of the molecule is COc1cc(OB(O)O)c(C(F)(F)F)cn1. The van der Waals surface area contributed by atoms with Gasteiger partial charge in [-0.3, -0.25) is 0 Å². The standard InChI is InChI=1S/C7H7BF3NO4/c1-15-6-2-5(16-8(13)14)4(3-12-6)7(9,10)11/h2-3,13-14H,1H3. The van der Waals surface area contributed by atoms with Crippen molar-refractivity contribution in [3.8, 4) is 11.6 Å². The van der Waals surface area contributed by atoms with Gasteiger partial charge in [0, 0.05) is 12.3 Å². The first kappa shape index (κ1) is 12.6. The third-order valence-corrected chi connectivity index (χ3v) is 1.59. The molecule has 1 heterocycles. The lowest BCUT2D eigenvalue weighted by atomic mass is 10.2. The Kier molecular flexibility index (Phi) is 3.60. The number of methoxy groups -OCH3 is 1. The Bertz CT molecular complexity index is 371. The molecule has 9 heteroatoms. The molecular weight excluding hydrogens is 230 g/mol. The van der Waals surface area contributed by atoms with Gasteiger partial charge in [0.05, 0.1) is 7.11 Å². The number of ether oxygens (including phenoxy) is 1. The molecule has 0 aliphatic carbocycles. The molecule has 0 amide bonds. The Balaban J connectivity index is 3.16.